The number of hydrogen-bond donors (Lipinski definition) is 2. The van der Waals surface area contributed by atoms with E-state index in [-0.39, 0.29) is 0 Å². The van der Waals surface area contributed by atoms with Gasteiger partial charge in [0.05, 0.1) is 6.10 Å². The van der Waals surface area contributed by atoms with E-state index in [1.54, 1.807) is 14.2 Å². The van der Waals surface area contributed by atoms with Crippen LogP contribution in [0.2, 0.25) is 0 Å². The molecule has 0 radical (unpaired) electrons. The van der Waals surface area contributed by atoms with Gasteiger partial charge in [0.15, 0.2) is 0 Å². The lowest BCUT2D eigenvalue weighted by molar-refractivity contribution is -0.109. The molecule has 0 aromatic carbocycles. The summed E-state index contributed by atoms with van der Waals surface area (Å²) in [5.74, 6) is 0.966. The number of pyridine rings is 1. The predicted molar refractivity (Wildman–Crippen MR) is 88.5 cm³/mol. The molecule has 6 nitrogen and oxygen atoms in total. The Kier molecular flexibility index (Phi) is 5.83. The molecule has 0 bridgehead atoms. The van der Waals surface area contributed by atoms with Crippen molar-refractivity contribution in [2.75, 3.05) is 39.2 Å². The summed E-state index contributed by atoms with van der Waals surface area (Å²) < 4.78 is 16.5. The number of nitrogens with zero attached hydrogens (tertiary/aromatic N) is 1. The second-order valence-corrected chi connectivity index (χ2v) is 6.14. The molecule has 1 aromatic heterocycles. The van der Waals surface area contributed by atoms with Crippen molar-refractivity contribution in [2.45, 2.75) is 44.6 Å². The highest BCUT2D eigenvalue weighted by Crippen LogP contribution is 2.27. The maximum Gasteiger partial charge on any atom is 0.200 e. The van der Waals surface area contributed by atoms with Gasteiger partial charge in [-0.15, -0.1) is 0 Å². The summed E-state index contributed by atoms with van der Waals surface area (Å²) in [6, 6.07) is 2.23. The molecule has 1 saturated heterocycles. The first-order valence-corrected chi connectivity index (χ1v) is 8.46. The number of hydrogen-bond acceptors (Lipinski definition) is 6. The van der Waals surface area contributed by atoms with Gasteiger partial charge in [-0.05, 0) is 42.9 Å². The molecule has 2 N–H and O–H groups in total. The first kappa shape index (κ1) is 16.6. The zero-order valence-corrected chi connectivity index (χ0v) is 14.1. The highest BCUT2D eigenvalue weighted by Gasteiger charge is 2.21. The average Bonchev–Trinajstić information content (AvgIpc) is 3.09. The molecular formula is C17H27N3O3. The van der Waals surface area contributed by atoms with Crippen LogP contribution in [0.25, 0.3) is 0 Å². The van der Waals surface area contributed by atoms with Gasteiger partial charge in [0.1, 0.15) is 11.5 Å². The predicted octanol–water partition coefficient (Wildman–Crippen LogP) is 2.00. The van der Waals surface area contributed by atoms with Crippen LogP contribution >= 0.6 is 0 Å². The molecule has 128 valence electrons. The van der Waals surface area contributed by atoms with Crippen molar-refractivity contribution >= 4 is 5.82 Å². The van der Waals surface area contributed by atoms with E-state index in [4.69, 9.17) is 19.2 Å². The third kappa shape index (κ3) is 4.01. The van der Waals surface area contributed by atoms with Crippen molar-refractivity contribution < 1.29 is 14.2 Å². The Morgan fingerprint density at radius 1 is 1.39 bits per heavy atom. The molecule has 0 unspecified atom stereocenters. The van der Waals surface area contributed by atoms with Gasteiger partial charge in [-0.3, -0.25) is 0 Å². The standard InChI is InChI=1S/C17H27N3O3/c1-21-17(22-2)15-13(10-18-11-14-6-4-8-23-14)9-12-5-3-7-19-16(12)20-15/h9,14,17-18H,3-8,10-11H2,1-2H3,(H,19,20)/t14-/m1/s1. The van der Waals surface area contributed by atoms with E-state index in [0.29, 0.717) is 6.10 Å². The summed E-state index contributed by atoms with van der Waals surface area (Å²) >= 11 is 0. The molecule has 6 heteroatoms. The number of aromatic nitrogens is 1. The molecule has 2 aliphatic heterocycles. The fourth-order valence-corrected chi connectivity index (χ4v) is 3.28. The van der Waals surface area contributed by atoms with Crippen molar-refractivity contribution in [3.63, 3.8) is 0 Å². The summed E-state index contributed by atoms with van der Waals surface area (Å²) in [5.41, 5.74) is 3.27. The quantitative estimate of drug-likeness (QED) is 0.749. The molecule has 1 atom stereocenters. The smallest absolute Gasteiger partial charge is 0.200 e. The molecule has 0 saturated carbocycles. The Bertz CT molecular complexity index is 514. The number of aryl methyl sites for hydroxylation is 1. The van der Waals surface area contributed by atoms with Gasteiger partial charge in [0, 0.05) is 40.5 Å². The van der Waals surface area contributed by atoms with Crippen LogP contribution in [-0.4, -0.2) is 45.0 Å². The lowest BCUT2D eigenvalue weighted by Crippen LogP contribution is -2.27. The second kappa shape index (κ2) is 8.06. The monoisotopic (exact) mass is 321 g/mol. The zero-order chi connectivity index (χ0) is 16.1. The normalized spacial score (nSPS) is 20.6. The molecule has 3 heterocycles. The van der Waals surface area contributed by atoms with Crippen LogP contribution in [0.4, 0.5) is 5.82 Å². The van der Waals surface area contributed by atoms with Crippen molar-refractivity contribution in [1.29, 1.82) is 0 Å². The molecule has 1 aromatic rings. The fourth-order valence-electron chi connectivity index (χ4n) is 3.28. The van der Waals surface area contributed by atoms with E-state index in [9.17, 15) is 0 Å². The Balaban J connectivity index is 1.74. The minimum atomic E-state index is -0.441. The molecule has 23 heavy (non-hydrogen) atoms. The Morgan fingerprint density at radius 2 is 2.26 bits per heavy atom. The van der Waals surface area contributed by atoms with Crippen LogP contribution in [0.5, 0.6) is 0 Å². The van der Waals surface area contributed by atoms with E-state index in [1.807, 2.05) is 0 Å². The largest absolute Gasteiger partial charge is 0.377 e. The number of fused-ring (bicyclic) bond motifs is 1. The molecular weight excluding hydrogens is 294 g/mol. The minimum Gasteiger partial charge on any atom is -0.377 e. The fraction of sp³-hybridized carbons (Fsp3) is 0.706. The van der Waals surface area contributed by atoms with E-state index >= 15 is 0 Å². The number of ether oxygens (including phenoxy) is 3. The highest BCUT2D eigenvalue weighted by molar-refractivity contribution is 5.49. The average molecular weight is 321 g/mol. The third-order valence-electron chi connectivity index (χ3n) is 4.49. The maximum absolute atomic E-state index is 5.66. The summed E-state index contributed by atoms with van der Waals surface area (Å²) in [5, 5.41) is 6.87. The van der Waals surface area contributed by atoms with Crippen LogP contribution < -0.4 is 10.6 Å². The van der Waals surface area contributed by atoms with E-state index in [0.717, 1.165) is 62.6 Å². The van der Waals surface area contributed by atoms with E-state index in [2.05, 4.69) is 16.7 Å². The van der Waals surface area contributed by atoms with Crippen molar-refractivity contribution in [3.8, 4) is 0 Å². The molecule has 3 rings (SSSR count). The summed E-state index contributed by atoms with van der Waals surface area (Å²) in [6.45, 7) is 3.48. The molecule has 0 amide bonds. The molecule has 2 aliphatic rings. The number of rotatable bonds is 7. The second-order valence-electron chi connectivity index (χ2n) is 6.14. The van der Waals surface area contributed by atoms with Gasteiger partial charge < -0.3 is 24.8 Å². The van der Waals surface area contributed by atoms with Crippen LogP contribution in [-0.2, 0) is 27.2 Å². The lowest BCUT2D eigenvalue weighted by Gasteiger charge is -2.23. The van der Waals surface area contributed by atoms with Gasteiger partial charge >= 0.3 is 0 Å². The maximum atomic E-state index is 5.66. The van der Waals surface area contributed by atoms with Crippen molar-refractivity contribution in [3.05, 3.63) is 22.9 Å². The van der Waals surface area contributed by atoms with Gasteiger partial charge in [-0.1, -0.05) is 0 Å². The first-order valence-electron chi connectivity index (χ1n) is 8.46. The summed E-state index contributed by atoms with van der Waals surface area (Å²) in [6.07, 6.45) is 4.42. The van der Waals surface area contributed by atoms with Gasteiger partial charge in [0.25, 0.3) is 0 Å². The molecule has 0 aliphatic carbocycles. The van der Waals surface area contributed by atoms with Gasteiger partial charge in [-0.25, -0.2) is 4.98 Å². The topological polar surface area (TPSA) is 64.6 Å². The summed E-state index contributed by atoms with van der Waals surface area (Å²) in [4.78, 5) is 4.77. The molecule has 0 spiro atoms. The summed E-state index contributed by atoms with van der Waals surface area (Å²) in [7, 11) is 3.29. The number of nitrogens with one attached hydrogen (secondary N) is 2. The number of methoxy groups -OCH3 is 2. The molecule has 1 fully saturated rings. The number of anilines is 1. The van der Waals surface area contributed by atoms with E-state index in [1.165, 1.54) is 12.0 Å². The highest BCUT2D eigenvalue weighted by atomic mass is 16.7. The Hall–Kier alpha value is -1.21. The third-order valence-corrected chi connectivity index (χ3v) is 4.49. The van der Waals surface area contributed by atoms with Crippen LogP contribution in [0, 0.1) is 0 Å². The van der Waals surface area contributed by atoms with Crippen LogP contribution in [0.1, 0.15) is 42.4 Å². The minimum absolute atomic E-state index is 0.339. The Labute approximate surface area is 137 Å². The zero-order valence-electron chi connectivity index (χ0n) is 14.1. The van der Waals surface area contributed by atoms with Gasteiger partial charge in [0.2, 0.25) is 6.29 Å². The SMILES string of the molecule is COC(OC)c1nc2c(cc1CNC[C@H]1CCCO1)CCCN2. The lowest BCUT2D eigenvalue weighted by atomic mass is 10.0. The van der Waals surface area contributed by atoms with E-state index < -0.39 is 6.29 Å². The first-order chi connectivity index (χ1) is 11.3. The van der Waals surface area contributed by atoms with Crippen molar-refractivity contribution in [2.24, 2.45) is 0 Å². The Morgan fingerprint density at radius 3 is 3.00 bits per heavy atom. The van der Waals surface area contributed by atoms with Crippen LogP contribution in [0.3, 0.4) is 0 Å². The van der Waals surface area contributed by atoms with Crippen molar-refractivity contribution in [1.82, 2.24) is 10.3 Å². The van der Waals surface area contributed by atoms with Gasteiger partial charge in [-0.2, -0.15) is 0 Å². The van der Waals surface area contributed by atoms with Crippen LogP contribution in [0.15, 0.2) is 6.07 Å².